The highest BCUT2D eigenvalue weighted by Gasteiger charge is 2.23. The molecule has 0 aliphatic heterocycles. The number of benzene rings is 1. The molecule has 0 amide bonds. The van der Waals surface area contributed by atoms with Gasteiger partial charge in [-0.15, -0.1) is 0 Å². The lowest BCUT2D eigenvalue weighted by atomic mass is 10.2. The fourth-order valence-electron chi connectivity index (χ4n) is 2.61. The molecule has 0 radical (unpaired) electrons. The first-order chi connectivity index (χ1) is 10.3. The van der Waals surface area contributed by atoms with Crippen molar-refractivity contribution in [1.29, 1.82) is 0 Å². The Labute approximate surface area is 147 Å². The summed E-state index contributed by atoms with van der Waals surface area (Å²) in [6.07, 6.45) is 7.09. The third kappa shape index (κ3) is 7.82. The van der Waals surface area contributed by atoms with Crippen LogP contribution < -0.4 is 17.0 Å². The van der Waals surface area contributed by atoms with E-state index in [0.717, 1.165) is 23.1 Å². The van der Waals surface area contributed by atoms with Gasteiger partial charge in [0.15, 0.2) is 0 Å². The number of hydrogen-bond acceptors (Lipinski definition) is 0. The van der Waals surface area contributed by atoms with Crippen LogP contribution in [0, 0.1) is 11.8 Å². The van der Waals surface area contributed by atoms with Gasteiger partial charge in [-0.05, 0) is 37.0 Å². The molecule has 0 bridgehead atoms. The average molecular weight is 364 g/mol. The van der Waals surface area contributed by atoms with Crippen LogP contribution in [0.5, 0.6) is 0 Å². The van der Waals surface area contributed by atoms with E-state index >= 15 is 0 Å². The van der Waals surface area contributed by atoms with Gasteiger partial charge >= 0.3 is 0 Å². The van der Waals surface area contributed by atoms with Crippen LogP contribution in [0.15, 0.2) is 43.0 Å². The lowest BCUT2D eigenvalue weighted by Gasteiger charge is -2.36. The van der Waals surface area contributed by atoms with Gasteiger partial charge in [-0.1, -0.05) is 57.4 Å². The normalized spacial score (nSPS) is 10.3. The summed E-state index contributed by atoms with van der Waals surface area (Å²) in [4.78, 5) is 0. The van der Waals surface area contributed by atoms with Crippen molar-refractivity contribution < 1.29 is 21.5 Å². The van der Waals surface area contributed by atoms with Crippen molar-refractivity contribution in [3.8, 4) is 11.8 Å². The summed E-state index contributed by atoms with van der Waals surface area (Å²) in [6.45, 7) is 12.9. The quantitative estimate of drug-likeness (QED) is 0.355. The molecule has 0 atom stereocenters. The molecule has 0 aliphatic carbocycles. The third-order valence-electron chi connectivity index (χ3n) is 3.91. The van der Waals surface area contributed by atoms with E-state index < -0.39 is 0 Å². The maximum absolute atomic E-state index is 3.96. The molecule has 1 nitrogen and oxygen atoms in total. The minimum Gasteiger partial charge on any atom is -1.00 e. The first-order valence-corrected chi connectivity index (χ1v) is 8.26. The molecule has 0 heterocycles. The van der Waals surface area contributed by atoms with E-state index in [1.165, 1.54) is 38.8 Å². The van der Waals surface area contributed by atoms with Crippen molar-refractivity contribution in [3.63, 3.8) is 0 Å². The standard InChI is InChI=1S/C20H30N.BrH/c1-4-7-17-21(16-6-3,18-8-5-2)19-12-15-20-13-10-9-11-14-20;/h6,9-11,13-14H,3-5,7-8,16-19H2,1-2H3;1H/q+1;/p-1. The van der Waals surface area contributed by atoms with Gasteiger partial charge in [0.1, 0.15) is 6.54 Å². The molecule has 0 saturated heterocycles. The maximum atomic E-state index is 3.96. The van der Waals surface area contributed by atoms with Gasteiger partial charge in [0.2, 0.25) is 0 Å². The Morgan fingerprint density at radius 1 is 1.05 bits per heavy atom. The summed E-state index contributed by atoms with van der Waals surface area (Å²) in [6, 6.07) is 10.3. The Hall–Kier alpha value is -1.04. The molecule has 1 rings (SSSR count). The smallest absolute Gasteiger partial charge is 0.141 e. The van der Waals surface area contributed by atoms with E-state index in [2.05, 4.69) is 50.5 Å². The predicted molar refractivity (Wildman–Crippen MR) is 93.1 cm³/mol. The first kappa shape index (κ1) is 21.0. The zero-order valence-electron chi connectivity index (χ0n) is 14.2. The molecule has 2 heteroatoms. The summed E-state index contributed by atoms with van der Waals surface area (Å²) in [5.74, 6) is 6.73. The van der Waals surface area contributed by atoms with Crippen LogP contribution in [0.2, 0.25) is 0 Å². The Balaban J connectivity index is 0.00000441. The molecular weight excluding hydrogens is 334 g/mol. The van der Waals surface area contributed by atoms with Gasteiger partial charge in [-0.3, -0.25) is 0 Å². The minimum atomic E-state index is 0. The van der Waals surface area contributed by atoms with Crippen molar-refractivity contribution in [1.82, 2.24) is 0 Å². The summed E-state index contributed by atoms with van der Waals surface area (Å²) in [7, 11) is 0. The fourth-order valence-corrected chi connectivity index (χ4v) is 2.61. The monoisotopic (exact) mass is 363 g/mol. The first-order valence-electron chi connectivity index (χ1n) is 8.26. The summed E-state index contributed by atoms with van der Waals surface area (Å²) in [5, 5.41) is 0. The number of halogens is 1. The number of unbranched alkanes of at least 4 members (excludes halogenated alkanes) is 2. The van der Waals surface area contributed by atoms with Crippen LogP contribution in [0.25, 0.3) is 0 Å². The van der Waals surface area contributed by atoms with Crippen LogP contribution >= 0.6 is 0 Å². The lowest BCUT2D eigenvalue weighted by Crippen LogP contribution is -3.00. The number of hydrogen-bond donors (Lipinski definition) is 0. The molecule has 0 aliphatic rings. The summed E-state index contributed by atoms with van der Waals surface area (Å²) in [5.41, 5.74) is 1.11. The van der Waals surface area contributed by atoms with Gasteiger partial charge in [-0.25, -0.2) is 0 Å². The molecule has 0 N–H and O–H groups in total. The van der Waals surface area contributed by atoms with Crippen molar-refractivity contribution in [2.24, 2.45) is 0 Å². The Bertz CT molecular complexity index is 448. The number of nitrogens with zero attached hydrogens (tertiary/aromatic N) is 1. The number of quaternary nitrogens is 1. The van der Waals surface area contributed by atoms with Crippen molar-refractivity contribution in [3.05, 3.63) is 48.6 Å². The van der Waals surface area contributed by atoms with E-state index in [9.17, 15) is 0 Å². The van der Waals surface area contributed by atoms with E-state index in [-0.39, 0.29) is 17.0 Å². The van der Waals surface area contributed by atoms with Crippen LogP contribution in [-0.2, 0) is 0 Å². The Morgan fingerprint density at radius 2 is 1.64 bits per heavy atom. The molecule has 0 unspecified atom stereocenters. The summed E-state index contributed by atoms with van der Waals surface area (Å²) >= 11 is 0. The van der Waals surface area contributed by atoms with Crippen molar-refractivity contribution in [2.45, 2.75) is 39.5 Å². The van der Waals surface area contributed by atoms with Gasteiger partial charge in [0, 0.05) is 5.56 Å². The average Bonchev–Trinajstić information content (AvgIpc) is 2.52. The minimum absolute atomic E-state index is 0. The van der Waals surface area contributed by atoms with E-state index in [1.807, 2.05) is 18.2 Å². The van der Waals surface area contributed by atoms with Crippen molar-refractivity contribution in [2.75, 3.05) is 26.2 Å². The zero-order valence-corrected chi connectivity index (χ0v) is 15.7. The second kappa shape index (κ2) is 12.5. The second-order valence-corrected chi connectivity index (χ2v) is 5.79. The van der Waals surface area contributed by atoms with Crippen LogP contribution in [0.1, 0.15) is 45.1 Å². The van der Waals surface area contributed by atoms with Crippen LogP contribution in [-0.4, -0.2) is 30.7 Å². The molecule has 1 aromatic carbocycles. The molecule has 122 valence electrons. The summed E-state index contributed by atoms with van der Waals surface area (Å²) < 4.78 is 1.07. The highest BCUT2D eigenvalue weighted by atomic mass is 79.9. The third-order valence-corrected chi connectivity index (χ3v) is 3.91. The highest BCUT2D eigenvalue weighted by Crippen LogP contribution is 2.12. The second-order valence-electron chi connectivity index (χ2n) is 5.79. The van der Waals surface area contributed by atoms with Gasteiger partial charge in [0.05, 0.1) is 19.6 Å². The predicted octanol–water partition coefficient (Wildman–Crippen LogP) is 1.65. The SMILES string of the molecule is C=CC[N+](CC#Cc1ccccc1)(CCCC)CCCC.[Br-]. The molecule has 1 aromatic rings. The lowest BCUT2D eigenvalue weighted by molar-refractivity contribution is -0.916. The molecule has 22 heavy (non-hydrogen) atoms. The van der Waals surface area contributed by atoms with E-state index in [1.54, 1.807) is 0 Å². The Kier molecular flexibility index (Phi) is 11.9. The molecular formula is C20H30BrN. The van der Waals surface area contributed by atoms with Crippen LogP contribution in [0.3, 0.4) is 0 Å². The fraction of sp³-hybridized carbons (Fsp3) is 0.500. The molecule has 0 fully saturated rings. The zero-order chi connectivity index (χ0) is 15.4. The van der Waals surface area contributed by atoms with Gasteiger partial charge in [-0.2, -0.15) is 0 Å². The number of rotatable bonds is 9. The van der Waals surface area contributed by atoms with Gasteiger partial charge < -0.3 is 21.5 Å². The Morgan fingerprint density at radius 3 is 2.14 bits per heavy atom. The molecule has 0 spiro atoms. The highest BCUT2D eigenvalue weighted by molar-refractivity contribution is 5.33. The van der Waals surface area contributed by atoms with Crippen LogP contribution in [0.4, 0.5) is 0 Å². The van der Waals surface area contributed by atoms with Gasteiger partial charge in [0.25, 0.3) is 0 Å². The van der Waals surface area contributed by atoms with E-state index in [4.69, 9.17) is 0 Å². The molecule has 0 saturated carbocycles. The largest absolute Gasteiger partial charge is 1.00 e. The topological polar surface area (TPSA) is 0 Å². The van der Waals surface area contributed by atoms with Crippen molar-refractivity contribution >= 4 is 0 Å². The maximum Gasteiger partial charge on any atom is 0.141 e. The van der Waals surface area contributed by atoms with E-state index in [0.29, 0.717) is 0 Å². The molecule has 0 aromatic heterocycles.